The van der Waals surface area contributed by atoms with Gasteiger partial charge in [-0.05, 0) is 141 Å². The quantitative estimate of drug-likeness (QED) is 0.0554. The molecular formula is C52H62N6O6S2. The van der Waals surface area contributed by atoms with Gasteiger partial charge in [-0.25, -0.2) is 0 Å². The molecule has 6 aromatic rings. The summed E-state index contributed by atoms with van der Waals surface area (Å²) in [4.78, 5) is 58.1. The average molecular weight is 931 g/mol. The normalized spacial score (nSPS) is 15.3. The fraction of sp³-hybridized carbons (Fsp3) is 0.423. The number of benzene rings is 2. The van der Waals surface area contributed by atoms with Crippen molar-refractivity contribution in [3.8, 4) is 0 Å². The third kappa shape index (κ3) is 12.5. The molecule has 4 heterocycles. The lowest BCUT2D eigenvalue weighted by Gasteiger charge is -2.32. The van der Waals surface area contributed by atoms with Crippen LogP contribution in [0, 0.1) is 25.7 Å². The molecule has 14 heteroatoms. The van der Waals surface area contributed by atoms with E-state index in [1.165, 1.54) is 105 Å². The SMILES string of the molecule is CCOC(=O)CCNC(=O)c1ccc(NC(c2sc3cnccc3c2C)C2CCCCC2)cc1.Cc1c(C(Nc2ccc(C(=O)NCCC(=O)O)cc2)C2CCCCC2)sc2cnccc12. The zero-order valence-electron chi connectivity index (χ0n) is 38.2. The predicted molar refractivity (Wildman–Crippen MR) is 266 cm³/mol. The number of amides is 2. The van der Waals surface area contributed by atoms with Crippen LogP contribution in [0.3, 0.4) is 0 Å². The number of fused-ring (bicyclic) bond motifs is 2. The predicted octanol–water partition coefficient (Wildman–Crippen LogP) is 11.6. The summed E-state index contributed by atoms with van der Waals surface area (Å²) in [6.45, 7) is 6.93. The number of esters is 1. The van der Waals surface area contributed by atoms with Gasteiger partial charge >= 0.3 is 11.9 Å². The van der Waals surface area contributed by atoms with Crippen molar-refractivity contribution in [1.29, 1.82) is 0 Å². The largest absolute Gasteiger partial charge is 0.481 e. The Labute approximate surface area is 395 Å². The van der Waals surface area contributed by atoms with Crippen LogP contribution in [0.4, 0.5) is 11.4 Å². The molecule has 5 N–H and O–H groups in total. The molecule has 66 heavy (non-hydrogen) atoms. The van der Waals surface area contributed by atoms with Crippen molar-refractivity contribution >= 4 is 78.0 Å². The number of thiophene rings is 2. The van der Waals surface area contributed by atoms with Crippen LogP contribution in [-0.4, -0.2) is 58.5 Å². The number of hydrogen-bond donors (Lipinski definition) is 5. The summed E-state index contributed by atoms with van der Waals surface area (Å²) in [5.74, 6) is -0.516. The highest BCUT2D eigenvalue weighted by Gasteiger charge is 2.30. The zero-order valence-corrected chi connectivity index (χ0v) is 39.8. The van der Waals surface area contributed by atoms with Crippen molar-refractivity contribution in [1.82, 2.24) is 20.6 Å². The number of nitrogens with one attached hydrogen (secondary N) is 4. The van der Waals surface area contributed by atoms with Crippen LogP contribution in [0.5, 0.6) is 0 Å². The van der Waals surface area contributed by atoms with Crippen LogP contribution < -0.4 is 21.3 Å². The zero-order chi connectivity index (χ0) is 46.4. The van der Waals surface area contributed by atoms with Crippen LogP contribution in [0.15, 0.2) is 85.5 Å². The van der Waals surface area contributed by atoms with E-state index >= 15 is 0 Å². The first-order valence-corrected chi connectivity index (χ1v) is 25.1. The molecule has 2 fully saturated rings. The van der Waals surface area contributed by atoms with Crippen LogP contribution in [-0.2, 0) is 14.3 Å². The van der Waals surface area contributed by atoms with E-state index in [2.05, 4.69) is 57.2 Å². The Kier molecular flexibility index (Phi) is 17.2. The van der Waals surface area contributed by atoms with E-state index in [0.717, 1.165) is 11.4 Å². The lowest BCUT2D eigenvalue weighted by Crippen LogP contribution is -2.26. The molecule has 0 radical (unpaired) electrons. The summed E-state index contributed by atoms with van der Waals surface area (Å²) >= 11 is 3.67. The number of rotatable bonds is 17. The van der Waals surface area contributed by atoms with Gasteiger partial charge in [-0.15, -0.1) is 22.7 Å². The smallest absolute Gasteiger partial charge is 0.307 e. The molecule has 2 aromatic carbocycles. The molecular weight excluding hydrogens is 869 g/mol. The Bertz CT molecular complexity index is 2560. The van der Waals surface area contributed by atoms with Crippen molar-refractivity contribution in [2.75, 3.05) is 30.3 Å². The monoisotopic (exact) mass is 930 g/mol. The molecule has 8 rings (SSSR count). The lowest BCUT2D eigenvalue weighted by molar-refractivity contribution is -0.143. The van der Waals surface area contributed by atoms with Crippen molar-refractivity contribution in [2.45, 2.75) is 110 Å². The van der Waals surface area contributed by atoms with Gasteiger partial charge in [-0.3, -0.25) is 29.1 Å². The van der Waals surface area contributed by atoms with Gasteiger partial charge in [-0.2, -0.15) is 0 Å². The van der Waals surface area contributed by atoms with Gasteiger partial charge in [0.25, 0.3) is 11.8 Å². The minimum atomic E-state index is -0.925. The van der Waals surface area contributed by atoms with E-state index in [4.69, 9.17) is 9.84 Å². The lowest BCUT2D eigenvalue weighted by atomic mass is 9.82. The maximum atomic E-state index is 12.4. The highest BCUT2D eigenvalue weighted by atomic mass is 32.1. The first-order chi connectivity index (χ1) is 32.1. The Morgan fingerprint density at radius 3 is 1.45 bits per heavy atom. The number of aliphatic carboxylic acids is 1. The molecule has 2 saturated carbocycles. The number of ether oxygens (including phenoxy) is 1. The number of hydrogen-bond acceptors (Lipinski definition) is 11. The van der Waals surface area contributed by atoms with Crippen LogP contribution in [0.2, 0.25) is 0 Å². The Hall–Kier alpha value is -5.86. The third-order valence-electron chi connectivity index (χ3n) is 12.8. The minimum Gasteiger partial charge on any atom is -0.481 e. The summed E-state index contributed by atoms with van der Waals surface area (Å²) in [5.41, 5.74) is 5.76. The molecule has 0 bridgehead atoms. The molecule has 12 nitrogen and oxygen atoms in total. The summed E-state index contributed by atoms with van der Waals surface area (Å²) in [7, 11) is 0. The second-order valence-electron chi connectivity index (χ2n) is 17.3. The third-order valence-corrected chi connectivity index (χ3v) is 15.5. The standard InChI is InChI=1S/C27H33N3O3S.C25H29N3O3S/c1-3-33-24(31)14-16-29-27(32)20-9-11-21(12-10-20)30-25(19-7-5-4-6-8-19)26-18(2)22-13-15-28-17-23(22)34-26;1-16-20-11-13-26-15-21(20)32-24(16)23(17-5-3-2-4-6-17)28-19-9-7-18(8-10-19)25(31)27-14-12-22(29)30/h9-13,15,17,19,25,30H,3-8,14,16H2,1-2H3,(H,29,32);7-11,13,15,17,23,28H,2-6,12,14H2,1H3,(H,27,31)(H,29,30). The molecule has 2 unspecified atom stereocenters. The van der Waals surface area contributed by atoms with E-state index in [-0.39, 0.29) is 55.8 Å². The van der Waals surface area contributed by atoms with Crippen molar-refractivity contribution in [2.24, 2.45) is 11.8 Å². The topological polar surface area (TPSA) is 172 Å². The maximum Gasteiger partial charge on any atom is 0.307 e. The molecule has 0 saturated heterocycles. The average Bonchev–Trinajstić information content (AvgIpc) is 3.86. The molecule has 4 aromatic heterocycles. The minimum absolute atomic E-state index is 0.0848. The van der Waals surface area contributed by atoms with Crippen LogP contribution in [0.25, 0.3) is 20.2 Å². The van der Waals surface area contributed by atoms with E-state index in [1.54, 1.807) is 19.1 Å². The Morgan fingerprint density at radius 1 is 0.636 bits per heavy atom. The van der Waals surface area contributed by atoms with E-state index in [0.29, 0.717) is 29.6 Å². The molecule has 2 aliphatic carbocycles. The number of carbonyl (C=O) groups excluding carboxylic acids is 3. The Morgan fingerprint density at radius 2 is 1.06 bits per heavy atom. The number of anilines is 2. The van der Waals surface area contributed by atoms with Gasteiger partial charge in [0.2, 0.25) is 0 Å². The highest BCUT2D eigenvalue weighted by molar-refractivity contribution is 7.19. The highest BCUT2D eigenvalue weighted by Crippen LogP contribution is 2.45. The second kappa shape index (κ2) is 23.5. The van der Waals surface area contributed by atoms with Gasteiger partial charge in [0.15, 0.2) is 0 Å². The van der Waals surface area contributed by atoms with Crippen LogP contribution >= 0.6 is 22.7 Å². The van der Waals surface area contributed by atoms with Gasteiger partial charge in [0.05, 0.1) is 40.9 Å². The molecule has 348 valence electrons. The molecule has 0 spiro atoms. The van der Waals surface area contributed by atoms with E-state index in [9.17, 15) is 19.2 Å². The van der Waals surface area contributed by atoms with Crippen LogP contribution in [0.1, 0.15) is 138 Å². The second-order valence-corrected chi connectivity index (χ2v) is 19.5. The van der Waals surface area contributed by atoms with Crippen molar-refractivity contribution in [3.63, 3.8) is 0 Å². The van der Waals surface area contributed by atoms with Gasteiger partial charge in [0.1, 0.15) is 0 Å². The van der Waals surface area contributed by atoms with Crippen molar-refractivity contribution < 1.29 is 29.0 Å². The fourth-order valence-electron chi connectivity index (χ4n) is 9.31. The maximum absolute atomic E-state index is 12.4. The molecule has 2 aliphatic rings. The number of carboxylic acids is 1. The fourth-order valence-corrected chi connectivity index (χ4v) is 12.0. The number of carboxylic acid groups (broad SMARTS) is 1. The summed E-state index contributed by atoms with van der Waals surface area (Å²) < 4.78 is 7.34. The van der Waals surface area contributed by atoms with Gasteiger partial charge in [-0.1, -0.05) is 38.5 Å². The summed E-state index contributed by atoms with van der Waals surface area (Å²) in [6, 6.07) is 19.7. The molecule has 2 atom stereocenters. The van der Waals surface area contributed by atoms with E-state index < -0.39 is 5.97 Å². The molecule has 0 aliphatic heterocycles. The van der Waals surface area contributed by atoms with Gasteiger partial charge < -0.3 is 31.1 Å². The van der Waals surface area contributed by atoms with Gasteiger partial charge in [0, 0.05) is 70.1 Å². The molecule has 2 amide bonds. The number of aromatic nitrogens is 2. The Balaban J connectivity index is 0.000000197. The number of aryl methyl sites for hydroxylation is 2. The summed E-state index contributed by atoms with van der Waals surface area (Å²) in [6.07, 6.45) is 20.3. The number of carbonyl (C=O) groups is 4. The summed E-state index contributed by atoms with van der Waals surface area (Å²) in [5, 5.41) is 24.3. The first-order valence-electron chi connectivity index (χ1n) is 23.4. The van der Waals surface area contributed by atoms with Crippen molar-refractivity contribution in [3.05, 3.63) is 117 Å². The number of pyridine rings is 2. The first kappa shape index (κ1) is 48.1. The number of nitrogens with zero attached hydrogens (tertiary/aromatic N) is 2. The van der Waals surface area contributed by atoms with E-state index in [1.807, 2.05) is 83.9 Å².